The predicted molar refractivity (Wildman–Crippen MR) is 541 cm³/mol. The number of aliphatic hydroxyl groups is 1. The Bertz CT molecular complexity index is 8530. The molecule has 0 aliphatic carbocycles. The molecule has 656 valence electrons. The average molecular weight is 2130 g/mol. The molecule has 4 aliphatic rings. The van der Waals surface area contributed by atoms with Gasteiger partial charge in [-0.2, -0.15) is 24.9 Å². The van der Waals surface area contributed by atoms with Crippen LogP contribution in [0.1, 0.15) is 73.7 Å². The van der Waals surface area contributed by atoms with Crippen molar-refractivity contribution in [1.29, 1.82) is 0 Å². The second kappa shape index (κ2) is 42.1. The van der Waals surface area contributed by atoms with Gasteiger partial charge < -0.3 is 19.6 Å². The number of aliphatic hydroxyl groups excluding tert-OH is 1. The maximum Gasteiger partial charge on any atom is 0.331 e. The molecule has 0 atom stereocenters. The van der Waals surface area contributed by atoms with Crippen LogP contribution in [0.5, 0.6) is 0 Å². The number of hydrogen-bond donors (Lipinski definition) is 1. The van der Waals surface area contributed by atoms with Crippen LogP contribution in [0.2, 0.25) is 0 Å². The SMILES string of the molecule is C.C.C.CC(=O)C=C(C)O.Cc1cc[n+]2c(n1)-c1ccccc1C2.[2H]c1c[n+]2c(c([2H])c1[2H])-c1c([2H])c([2H])c([2H])c([2H])c1C2.[Ir].[Ir].[c-]1ccc2c(sc3ccccc32)c1-c1ccccn1.[c-]1ccccc1-c1ccccn1.[c-]1ccccc1-c1nc2ccccc2n1-c1ccccc1.c1cc2c3c(c1)c1ccccc1n1c4ccccc4[n+](c31)C2.c1cc[n+]2c(c1)-c1c(ccc3c1sc1ccccc13)C2. The molecule has 14 heterocycles. The first-order chi connectivity index (χ1) is 66.0. The fourth-order valence-electron chi connectivity index (χ4n) is 17.2. The summed E-state index contributed by atoms with van der Waals surface area (Å²) in [5.41, 5.74) is 23.9. The number of ketones is 1. The summed E-state index contributed by atoms with van der Waals surface area (Å²) < 4.78 is 73.1. The Morgan fingerprint density at radius 1 is 0.444 bits per heavy atom. The maximum absolute atomic E-state index is 10.0. The van der Waals surface area contributed by atoms with Gasteiger partial charge in [0.25, 0.3) is 5.65 Å². The van der Waals surface area contributed by atoms with Crippen molar-refractivity contribution in [2.24, 2.45) is 0 Å². The van der Waals surface area contributed by atoms with E-state index in [0.717, 1.165) is 81.8 Å². The number of thiophene rings is 2. The van der Waals surface area contributed by atoms with Crippen molar-refractivity contribution in [3.05, 3.63) is 459 Å². The fourth-order valence-corrected chi connectivity index (χ4v) is 19.7. The Balaban J connectivity index is 0.000000122. The molecule has 0 unspecified atom stereocenters. The Labute approximate surface area is 820 Å². The number of carbonyl (C=O) groups excluding carboxylic acids is 1. The van der Waals surface area contributed by atoms with Crippen LogP contribution in [-0.2, 0) is 71.2 Å². The Kier molecular flexibility index (Phi) is 26.6. The molecule has 0 bridgehead atoms. The van der Waals surface area contributed by atoms with E-state index in [9.17, 15) is 4.79 Å². The zero-order chi connectivity index (χ0) is 92.5. The predicted octanol–water partition coefficient (Wildman–Crippen LogP) is 27.0. The summed E-state index contributed by atoms with van der Waals surface area (Å²) in [4.78, 5) is 28.0. The number of fused-ring (bicyclic) bond motifs is 23. The smallest absolute Gasteiger partial charge is 0.331 e. The van der Waals surface area contributed by atoms with E-state index in [-0.39, 0.29) is 134 Å². The van der Waals surface area contributed by atoms with Gasteiger partial charge in [-0.1, -0.05) is 216 Å². The summed E-state index contributed by atoms with van der Waals surface area (Å²) in [5.74, 6) is 1.95. The minimum Gasteiger partial charge on any atom is -0.512 e. The van der Waals surface area contributed by atoms with Gasteiger partial charge >= 0.3 is 5.82 Å². The van der Waals surface area contributed by atoms with Crippen molar-refractivity contribution >= 4 is 118 Å². The summed E-state index contributed by atoms with van der Waals surface area (Å²) in [7, 11) is 0. The van der Waals surface area contributed by atoms with Crippen molar-refractivity contribution in [2.45, 2.75) is 69.2 Å². The summed E-state index contributed by atoms with van der Waals surface area (Å²) in [6, 6.07) is 122. The van der Waals surface area contributed by atoms with Crippen LogP contribution < -0.4 is 18.3 Å². The van der Waals surface area contributed by atoms with Crippen molar-refractivity contribution in [3.8, 4) is 73.5 Å². The van der Waals surface area contributed by atoms with E-state index in [4.69, 9.17) is 19.7 Å². The Hall–Kier alpha value is -14.6. The first kappa shape index (κ1) is 84.0. The first-order valence-electron chi connectivity index (χ1n) is 45.7. The van der Waals surface area contributed by atoms with Gasteiger partial charge in [-0.15, -0.1) is 107 Å². The molecule has 12 nitrogen and oxygen atoms in total. The van der Waals surface area contributed by atoms with E-state index in [1.165, 1.54) is 138 Å². The van der Waals surface area contributed by atoms with Crippen LogP contribution >= 0.6 is 22.7 Å². The van der Waals surface area contributed by atoms with Gasteiger partial charge in [0.2, 0.25) is 11.4 Å². The third-order valence-corrected chi connectivity index (χ3v) is 25.2. The fraction of sp³-hybridized carbons (Fsp3) is 0.0855. The number of benzene rings is 13. The van der Waals surface area contributed by atoms with E-state index in [2.05, 4.69) is 268 Å². The molecule has 0 fully saturated rings. The van der Waals surface area contributed by atoms with Gasteiger partial charge in [-0.25, -0.2) is 9.13 Å². The van der Waals surface area contributed by atoms with Crippen molar-refractivity contribution < 1.29 is 78.0 Å². The van der Waals surface area contributed by atoms with E-state index in [1.807, 2.05) is 163 Å². The van der Waals surface area contributed by atoms with Crippen LogP contribution in [0.3, 0.4) is 0 Å². The molecule has 2 radical (unpaired) electrons. The summed E-state index contributed by atoms with van der Waals surface area (Å²) >= 11 is 3.73. The van der Waals surface area contributed by atoms with E-state index >= 15 is 0 Å². The van der Waals surface area contributed by atoms with Crippen LogP contribution in [0.15, 0.2) is 413 Å². The third kappa shape index (κ3) is 19.1. The number of rotatable bonds is 5. The minimum atomic E-state index is -0.344. The number of para-hydroxylation sites is 6. The van der Waals surface area contributed by atoms with Crippen molar-refractivity contribution in [1.82, 2.24) is 28.9 Å². The molecule has 0 amide bonds. The first-order valence-corrected chi connectivity index (χ1v) is 43.8. The van der Waals surface area contributed by atoms with Gasteiger partial charge in [0.1, 0.15) is 18.6 Å². The quantitative estimate of drug-likeness (QED) is 0.0604. The summed E-state index contributed by atoms with van der Waals surface area (Å²) in [6.45, 7) is 8.00. The van der Waals surface area contributed by atoms with Crippen LogP contribution in [0.4, 0.5) is 0 Å². The number of nitrogens with zero attached hydrogens (tertiary/aromatic N) is 10. The number of carbonyl (C=O) groups is 1. The number of aryl methyl sites for hydroxylation is 1. The monoisotopic (exact) mass is 2130 g/mol. The molecule has 23 aromatic rings. The van der Waals surface area contributed by atoms with Gasteiger partial charge in [0, 0.05) is 159 Å². The molecule has 4 aliphatic heterocycles. The third-order valence-electron chi connectivity index (χ3n) is 22.8. The van der Waals surface area contributed by atoms with Gasteiger partial charge in [-0.3, -0.25) is 9.78 Å². The molecule has 0 spiro atoms. The van der Waals surface area contributed by atoms with Crippen LogP contribution in [-0.4, -0.2) is 39.8 Å². The largest absolute Gasteiger partial charge is 0.512 e. The second-order valence-electron chi connectivity index (χ2n) is 31.1. The normalized spacial score (nSPS) is 12.1. The molecule has 16 heteroatoms. The van der Waals surface area contributed by atoms with E-state index < -0.39 is 0 Å². The number of allylic oxidation sites excluding steroid dienone is 2. The molecule has 10 aromatic heterocycles. The Morgan fingerprint density at radius 3 is 1.77 bits per heavy atom. The molecule has 1 N–H and O–H groups in total. The number of pyridine rings is 5. The van der Waals surface area contributed by atoms with Gasteiger partial charge in [0.05, 0.1) is 60.5 Å². The molecular formula is C117H97Ir2N10O2S2+. The Morgan fingerprint density at radius 2 is 1.05 bits per heavy atom. The number of imidazole rings is 2. The molecule has 13 aromatic carbocycles. The minimum absolute atomic E-state index is 0. The molecule has 27 rings (SSSR count). The van der Waals surface area contributed by atoms with Crippen LogP contribution in [0.25, 0.3) is 163 Å². The second-order valence-corrected chi connectivity index (χ2v) is 33.2. The van der Waals surface area contributed by atoms with Gasteiger partial charge in [-0.05, 0) is 131 Å². The van der Waals surface area contributed by atoms with Crippen molar-refractivity contribution in [2.75, 3.05) is 0 Å². The number of aromatic nitrogens is 10. The molecule has 0 saturated heterocycles. The zero-order valence-electron chi connectivity index (χ0n) is 77.8. The van der Waals surface area contributed by atoms with E-state index in [1.54, 1.807) is 10.8 Å². The van der Waals surface area contributed by atoms with Crippen molar-refractivity contribution in [3.63, 3.8) is 0 Å². The van der Waals surface area contributed by atoms with Gasteiger partial charge in [0.15, 0.2) is 48.0 Å². The number of hydrogen-bond acceptors (Lipinski definition) is 8. The standard InChI is InChI=1S/C20H13N2.C19H13N2.C18H12NS.C17H10NS.C12H11N2.C12H10N.C11H8N.C5H8O2.3CH4.2Ir/c1-2-9-16-14(7-1)15-8-5-6-13-12-21-17-10-3-4-11-18(17)22(16)20(21)19(13)15;1-3-9-15(10-4-1)19-20-17-13-7-8-14-18(17)21(19)16-11-5-2-6-12-16;1-2-7-16-13(5-1)14-9-8-12-11-19-10-4-3-6-15(19)17(12)18(14)20-16;1-2-10-16-12(6-1)13-7-5-8-14(17(13)19-16)15-9-3-4-11-18-15;1-9-6-7-14-8-10-4-2-3-5-11(10)12(14)13-9;1-2-6-11-10(5-1)9-13-8-4-3-7-12(11)13;1-2-6-10(7-3-1)11-8-4-5-9-12-11;1-4(6)3-5(2)7;;;;;/h1-11H,12H2;1-9,11-14H;1-10H,11H2;1-7,9-11H;2-7H,8H2,1H3;1-8H,9H2;1-6,8-9H;3,6H,1-2H3;3*1H4;;/q+1;-1;+1;-1;2*+1;-1;;;;;;/i;;;;;1D,2D,3D,4D,5D,6D,7D;;;;;;;. The van der Waals surface area contributed by atoms with E-state index in [0.29, 0.717) is 5.56 Å². The molecular weight excluding hydrogens is 2030 g/mol. The average Bonchev–Trinajstić information content (AvgIpc) is 1.54. The summed E-state index contributed by atoms with van der Waals surface area (Å²) in [6.07, 6.45) is 10.5. The summed E-state index contributed by atoms with van der Waals surface area (Å²) in [5, 5.41) is 17.9. The molecule has 0 saturated carbocycles. The zero-order valence-corrected chi connectivity index (χ0v) is 77.2. The van der Waals surface area contributed by atoms with Crippen LogP contribution in [0, 0.1) is 25.1 Å². The maximum atomic E-state index is 10.0. The molecule has 133 heavy (non-hydrogen) atoms. The topological polar surface area (TPSA) is 114 Å².